The van der Waals surface area contributed by atoms with Crippen LogP contribution in [0.5, 0.6) is 5.75 Å². The molecule has 6 rings (SSSR count). The Morgan fingerprint density at radius 3 is 2.37 bits per heavy atom. The van der Waals surface area contributed by atoms with Crippen molar-refractivity contribution in [3.63, 3.8) is 0 Å². The summed E-state index contributed by atoms with van der Waals surface area (Å²) in [5, 5.41) is 7.45. The minimum Gasteiger partial charge on any atom is -0.482 e. The number of hydrogen-bond acceptors (Lipinski definition) is 4. The van der Waals surface area contributed by atoms with Gasteiger partial charge in [-0.3, -0.25) is 4.79 Å². The van der Waals surface area contributed by atoms with Crippen molar-refractivity contribution in [2.75, 3.05) is 17.2 Å². The maximum absolute atomic E-state index is 12.2. The van der Waals surface area contributed by atoms with Gasteiger partial charge in [0.05, 0.1) is 16.9 Å². The molecule has 158 valence electrons. The first-order valence-corrected chi connectivity index (χ1v) is 11.3. The summed E-state index contributed by atoms with van der Waals surface area (Å²) >= 11 is 11.9. The van der Waals surface area contributed by atoms with Crippen molar-refractivity contribution in [3.8, 4) is 5.75 Å². The van der Waals surface area contributed by atoms with Crippen LogP contribution in [0.1, 0.15) is 38.5 Å². The molecular formula is C23H25Cl2N3O2. The van der Waals surface area contributed by atoms with E-state index in [9.17, 15) is 4.79 Å². The number of ether oxygens (including phenoxy) is 1. The Hall–Kier alpha value is -1.98. The molecule has 0 unspecified atom stereocenters. The molecule has 0 aliphatic heterocycles. The Balaban J connectivity index is 1.16. The summed E-state index contributed by atoms with van der Waals surface area (Å²) in [7, 11) is 0. The number of amides is 1. The molecule has 1 aromatic heterocycles. The van der Waals surface area contributed by atoms with Gasteiger partial charge in [-0.15, -0.1) is 0 Å². The maximum Gasteiger partial charge on any atom is 0.262 e. The Morgan fingerprint density at radius 2 is 1.77 bits per heavy atom. The number of nitrogens with one attached hydrogen (secondary N) is 2. The highest BCUT2D eigenvalue weighted by atomic mass is 35.5. The second-order valence-corrected chi connectivity index (χ2v) is 10.0. The molecule has 4 aliphatic rings. The first-order chi connectivity index (χ1) is 14.5. The molecule has 0 radical (unpaired) electrons. The SMILES string of the molecule is O=C(COc1ccc(Cl)cc1Cl)Nc1ccc(NC23CC4CC(CC(C4)C2)C3)nc1. The lowest BCUT2D eigenvalue weighted by atomic mass is 9.53. The summed E-state index contributed by atoms with van der Waals surface area (Å²) in [6, 6.07) is 8.72. The second kappa shape index (κ2) is 7.93. The van der Waals surface area contributed by atoms with Gasteiger partial charge in [0.15, 0.2) is 6.61 Å². The van der Waals surface area contributed by atoms with E-state index < -0.39 is 0 Å². The van der Waals surface area contributed by atoms with E-state index in [1.807, 2.05) is 12.1 Å². The summed E-state index contributed by atoms with van der Waals surface area (Å²) in [6.07, 6.45) is 9.75. The van der Waals surface area contributed by atoms with Crippen LogP contribution in [0, 0.1) is 17.8 Å². The highest BCUT2D eigenvalue weighted by Crippen LogP contribution is 2.56. The van der Waals surface area contributed by atoms with Gasteiger partial charge in [0.2, 0.25) is 0 Å². The van der Waals surface area contributed by atoms with Crippen LogP contribution in [0.15, 0.2) is 36.5 Å². The Labute approximate surface area is 186 Å². The van der Waals surface area contributed by atoms with Gasteiger partial charge in [-0.05, 0) is 86.6 Å². The fraction of sp³-hybridized carbons (Fsp3) is 0.478. The number of nitrogens with zero attached hydrogens (tertiary/aromatic N) is 1. The number of halogens is 2. The van der Waals surface area contributed by atoms with Gasteiger partial charge < -0.3 is 15.4 Å². The predicted octanol–water partition coefficient (Wildman–Crippen LogP) is 5.79. The second-order valence-electron chi connectivity index (χ2n) is 9.17. The van der Waals surface area contributed by atoms with E-state index in [0.29, 0.717) is 21.5 Å². The third-order valence-electron chi connectivity index (χ3n) is 6.73. The number of hydrogen-bond donors (Lipinski definition) is 2. The number of rotatable bonds is 6. The third kappa shape index (κ3) is 4.23. The standard InChI is InChI=1S/C23H25Cl2N3O2/c24-17-1-3-20(19(25)8-17)30-13-22(29)27-18-2-4-21(26-12-18)28-23-9-14-5-15(10-23)7-16(6-14)11-23/h1-4,8,12,14-16H,5-7,9-11,13H2,(H,26,28)(H,27,29). The lowest BCUT2D eigenvalue weighted by molar-refractivity contribution is -0.118. The van der Waals surface area contributed by atoms with Gasteiger partial charge >= 0.3 is 0 Å². The monoisotopic (exact) mass is 445 g/mol. The lowest BCUT2D eigenvalue weighted by Gasteiger charge is -2.57. The van der Waals surface area contributed by atoms with Gasteiger partial charge in [0, 0.05) is 10.6 Å². The van der Waals surface area contributed by atoms with Crippen molar-refractivity contribution in [1.29, 1.82) is 0 Å². The van der Waals surface area contributed by atoms with Crippen molar-refractivity contribution in [2.45, 2.75) is 44.1 Å². The van der Waals surface area contributed by atoms with E-state index in [2.05, 4.69) is 15.6 Å². The van der Waals surface area contributed by atoms with Crippen LogP contribution in [0.3, 0.4) is 0 Å². The lowest BCUT2D eigenvalue weighted by Crippen LogP contribution is -2.54. The van der Waals surface area contributed by atoms with Crippen LogP contribution in [0.2, 0.25) is 10.0 Å². The summed E-state index contributed by atoms with van der Waals surface area (Å²) in [5.74, 6) is 3.69. The van der Waals surface area contributed by atoms with Gasteiger partial charge in [0.25, 0.3) is 5.91 Å². The van der Waals surface area contributed by atoms with Crippen LogP contribution in [0.25, 0.3) is 0 Å². The molecule has 1 amide bonds. The molecule has 2 N–H and O–H groups in total. The van der Waals surface area contributed by atoms with Crippen molar-refractivity contribution >= 4 is 40.6 Å². The fourth-order valence-electron chi connectivity index (χ4n) is 6.01. The number of carbonyl (C=O) groups is 1. The first-order valence-electron chi connectivity index (χ1n) is 10.6. The molecule has 1 heterocycles. The van der Waals surface area contributed by atoms with E-state index in [1.165, 1.54) is 38.5 Å². The molecule has 0 spiro atoms. The zero-order valence-electron chi connectivity index (χ0n) is 16.7. The molecule has 2 aromatic rings. The van der Waals surface area contributed by atoms with Gasteiger partial charge in [-0.1, -0.05) is 23.2 Å². The normalized spacial score (nSPS) is 28.9. The van der Waals surface area contributed by atoms with E-state index in [0.717, 1.165) is 23.6 Å². The Morgan fingerprint density at radius 1 is 1.07 bits per heavy atom. The maximum atomic E-state index is 12.2. The quantitative estimate of drug-likeness (QED) is 0.590. The minimum atomic E-state index is -0.274. The summed E-state index contributed by atoms with van der Waals surface area (Å²) < 4.78 is 5.47. The Kier molecular flexibility index (Phi) is 5.28. The van der Waals surface area contributed by atoms with Crippen molar-refractivity contribution in [3.05, 3.63) is 46.6 Å². The zero-order chi connectivity index (χ0) is 20.7. The van der Waals surface area contributed by atoms with Crippen molar-refractivity contribution in [1.82, 2.24) is 4.98 Å². The highest BCUT2D eigenvalue weighted by molar-refractivity contribution is 6.35. The average molecular weight is 446 g/mol. The molecule has 7 heteroatoms. The van der Waals surface area contributed by atoms with E-state index in [1.54, 1.807) is 24.4 Å². The van der Waals surface area contributed by atoms with Gasteiger partial charge in [-0.2, -0.15) is 0 Å². The highest BCUT2D eigenvalue weighted by Gasteiger charge is 2.51. The van der Waals surface area contributed by atoms with Gasteiger partial charge in [-0.25, -0.2) is 4.98 Å². The molecule has 4 aliphatic carbocycles. The summed E-state index contributed by atoms with van der Waals surface area (Å²) in [6.45, 7) is -0.144. The molecule has 1 aromatic carbocycles. The minimum absolute atomic E-state index is 0.144. The number of aromatic nitrogens is 1. The molecule has 4 fully saturated rings. The van der Waals surface area contributed by atoms with Crippen LogP contribution >= 0.6 is 23.2 Å². The number of benzene rings is 1. The molecule has 4 bridgehead atoms. The molecule has 0 saturated heterocycles. The van der Waals surface area contributed by atoms with E-state index in [-0.39, 0.29) is 18.1 Å². The van der Waals surface area contributed by atoms with Crippen LogP contribution in [-0.4, -0.2) is 23.0 Å². The zero-order valence-corrected chi connectivity index (χ0v) is 18.2. The molecule has 30 heavy (non-hydrogen) atoms. The summed E-state index contributed by atoms with van der Waals surface area (Å²) in [4.78, 5) is 16.7. The fourth-order valence-corrected chi connectivity index (χ4v) is 6.47. The van der Waals surface area contributed by atoms with Crippen molar-refractivity contribution in [2.24, 2.45) is 17.8 Å². The van der Waals surface area contributed by atoms with E-state index >= 15 is 0 Å². The number of anilines is 2. The van der Waals surface area contributed by atoms with Crippen LogP contribution < -0.4 is 15.4 Å². The molecule has 5 nitrogen and oxygen atoms in total. The van der Waals surface area contributed by atoms with Crippen molar-refractivity contribution < 1.29 is 9.53 Å². The summed E-state index contributed by atoms with van der Waals surface area (Å²) in [5.41, 5.74) is 0.861. The number of carbonyl (C=O) groups excluding carboxylic acids is 1. The molecule has 4 saturated carbocycles. The smallest absolute Gasteiger partial charge is 0.262 e. The largest absolute Gasteiger partial charge is 0.482 e. The molecular weight excluding hydrogens is 421 g/mol. The molecule has 0 atom stereocenters. The van der Waals surface area contributed by atoms with Gasteiger partial charge in [0.1, 0.15) is 11.6 Å². The third-order valence-corrected chi connectivity index (χ3v) is 7.26. The van der Waals surface area contributed by atoms with Crippen LogP contribution in [0.4, 0.5) is 11.5 Å². The number of pyridine rings is 1. The average Bonchev–Trinajstić information content (AvgIpc) is 2.67. The predicted molar refractivity (Wildman–Crippen MR) is 119 cm³/mol. The first kappa shape index (κ1) is 20.0. The Bertz CT molecular complexity index is 913. The van der Waals surface area contributed by atoms with Crippen LogP contribution in [-0.2, 0) is 4.79 Å². The van der Waals surface area contributed by atoms with E-state index in [4.69, 9.17) is 27.9 Å². The topological polar surface area (TPSA) is 63.2 Å².